The van der Waals surface area contributed by atoms with Crippen molar-refractivity contribution in [1.29, 1.82) is 0 Å². The van der Waals surface area contributed by atoms with Crippen LogP contribution < -0.4 is 4.74 Å². The summed E-state index contributed by atoms with van der Waals surface area (Å²) in [5, 5.41) is 19.8. The normalized spacial score (nSPS) is 10.2. The highest BCUT2D eigenvalue weighted by Gasteiger charge is 2.13. The molecule has 0 fully saturated rings. The molecule has 0 heterocycles. The van der Waals surface area contributed by atoms with Crippen LogP contribution in [-0.4, -0.2) is 16.0 Å². The van der Waals surface area contributed by atoms with Crippen molar-refractivity contribution in [2.45, 2.75) is 0 Å². The van der Waals surface area contributed by atoms with Gasteiger partial charge in [0.05, 0.1) is 21.0 Å². The molecular weight excluding hydrogens is 410 g/mol. The number of aromatic carboxylic acids is 1. The summed E-state index contributed by atoms with van der Waals surface area (Å²) < 4.78 is 6.57. The van der Waals surface area contributed by atoms with E-state index in [0.717, 1.165) is 0 Å². The van der Waals surface area contributed by atoms with Gasteiger partial charge in [-0.3, -0.25) is 10.1 Å². The SMILES string of the molecule is O=C(O)c1cc(Br)cc(Oc2cc([N+](=O)[O-])ccc2Br)c1. The summed E-state index contributed by atoms with van der Waals surface area (Å²) >= 11 is 6.41. The predicted molar refractivity (Wildman–Crippen MR) is 82.0 cm³/mol. The Morgan fingerprint density at radius 2 is 1.90 bits per heavy atom. The smallest absolute Gasteiger partial charge is 0.335 e. The van der Waals surface area contributed by atoms with Gasteiger partial charge in [0.25, 0.3) is 5.69 Å². The van der Waals surface area contributed by atoms with Crippen LogP contribution in [0, 0.1) is 10.1 Å². The van der Waals surface area contributed by atoms with Gasteiger partial charge in [0.15, 0.2) is 0 Å². The largest absolute Gasteiger partial charge is 0.478 e. The van der Waals surface area contributed by atoms with Crippen LogP contribution in [0.2, 0.25) is 0 Å². The Balaban J connectivity index is 2.40. The molecule has 0 amide bonds. The molecule has 21 heavy (non-hydrogen) atoms. The molecule has 6 nitrogen and oxygen atoms in total. The van der Waals surface area contributed by atoms with Crippen LogP contribution in [0.1, 0.15) is 10.4 Å². The molecule has 0 radical (unpaired) electrons. The van der Waals surface area contributed by atoms with Gasteiger partial charge in [0.2, 0.25) is 0 Å². The molecule has 0 aliphatic carbocycles. The second kappa shape index (κ2) is 6.23. The maximum Gasteiger partial charge on any atom is 0.335 e. The Morgan fingerprint density at radius 3 is 2.52 bits per heavy atom. The van der Waals surface area contributed by atoms with Crippen molar-refractivity contribution in [3.63, 3.8) is 0 Å². The van der Waals surface area contributed by atoms with E-state index in [4.69, 9.17) is 9.84 Å². The first-order valence-electron chi connectivity index (χ1n) is 5.52. The Hall–Kier alpha value is -1.93. The molecule has 0 atom stereocenters. The van der Waals surface area contributed by atoms with E-state index >= 15 is 0 Å². The van der Waals surface area contributed by atoms with Crippen LogP contribution in [0.3, 0.4) is 0 Å². The Labute approximate surface area is 135 Å². The fraction of sp³-hybridized carbons (Fsp3) is 0. The molecular formula is C13H7Br2NO5. The van der Waals surface area contributed by atoms with Gasteiger partial charge in [-0.15, -0.1) is 0 Å². The number of hydrogen-bond donors (Lipinski definition) is 1. The minimum absolute atomic E-state index is 0.0425. The molecule has 0 bridgehead atoms. The van der Waals surface area contributed by atoms with Gasteiger partial charge in [-0.2, -0.15) is 0 Å². The number of carboxylic acids is 1. The quantitative estimate of drug-likeness (QED) is 0.580. The number of nitro groups is 1. The summed E-state index contributed by atoms with van der Waals surface area (Å²) in [6.45, 7) is 0. The molecule has 2 rings (SSSR count). The lowest BCUT2D eigenvalue weighted by molar-refractivity contribution is -0.384. The molecule has 1 N–H and O–H groups in total. The van der Waals surface area contributed by atoms with Crippen molar-refractivity contribution >= 4 is 43.5 Å². The summed E-state index contributed by atoms with van der Waals surface area (Å²) in [5.74, 6) is -0.624. The van der Waals surface area contributed by atoms with E-state index in [1.807, 2.05) is 0 Å². The summed E-state index contributed by atoms with van der Waals surface area (Å²) in [4.78, 5) is 21.2. The summed E-state index contributed by atoms with van der Waals surface area (Å²) in [5.41, 5.74) is -0.0809. The second-order valence-corrected chi connectivity index (χ2v) is 5.72. The fourth-order valence-corrected chi connectivity index (χ4v) is 2.36. The monoisotopic (exact) mass is 415 g/mol. The minimum atomic E-state index is -1.10. The number of carbonyl (C=O) groups is 1. The molecule has 0 aliphatic rings. The number of benzene rings is 2. The van der Waals surface area contributed by atoms with Gasteiger partial charge in [-0.25, -0.2) is 4.79 Å². The topological polar surface area (TPSA) is 89.7 Å². The average molecular weight is 417 g/mol. The summed E-state index contributed by atoms with van der Waals surface area (Å²) in [6, 6.07) is 8.41. The molecule has 108 valence electrons. The molecule has 0 unspecified atom stereocenters. The number of ether oxygens (including phenoxy) is 1. The van der Waals surface area contributed by atoms with Crippen molar-refractivity contribution < 1.29 is 19.6 Å². The first kappa shape index (κ1) is 15.5. The van der Waals surface area contributed by atoms with E-state index < -0.39 is 10.9 Å². The molecule has 0 spiro atoms. The number of halogens is 2. The van der Waals surface area contributed by atoms with Crippen LogP contribution in [0.4, 0.5) is 5.69 Å². The molecule has 2 aromatic rings. The molecule has 8 heteroatoms. The highest BCUT2D eigenvalue weighted by Crippen LogP contribution is 2.34. The van der Waals surface area contributed by atoms with E-state index in [9.17, 15) is 14.9 Å². The van der Waals surface area contributed by atoms with Gasteiger partial charge in [-0.05, 0) is 40.2 Å². The lowest BCUT2D eigenvalue weighted by atomic mass is 10.2. The van der Waals surface area contributed by atoms with Crippen LogP contribution >= 0.6 is 31.9 Å². The van der Waals surface area contributed by atoms with E-state index in [1.165, 1.54) is 30.3 Å². The zero-order chi connectivity index (χ0) is 15.6. The third kappa shape index (κ3) is 3.79. The van der Waals surface area contributed by atoms with Crippen molar-refractivity contribution in [1.82, 2.24) is 0 Å². The van der Waals surface area contributed by atoms with E-state index in [1.54, 1.807) is 6.07 Å². The zero-order valence-electron chi connectivity index (χ0n) is 10.2. The van der Waals surface area contributed by atoms with Crippen LogP contribution in [0.25, 0.3) is 0 Å². The molecule has 2 aromatic carbocycles. The Bertz CT molecular complexity index is 732. The maximum atomic E-state index is 11.0. The molecule has 0 saturated carbocycles. The molecule has 0 aliphatic heterocycles. The van der Waals surface area contributed by atoms with Gasteiger partial charge in [-0.1, -0.05) is 15.9 Å². The highest BCUT2D eigenvalue weighted by molar-refractivity contribution is 9.10. The fourth-order valence-electron chi connectivity index (χ4n) is 1.56. The number of nitro benzene ring substituents is 1. The highest BCUT2D eigenvalue weighted by atomic mass is 79.9. The number of nitrogens with zero attached hydrogens (tertiary/aromatic N) is 1. The number of carboxylic acid groups (broad SMARTS) is 1. The second-order valence-electron chi connectivity index (χ2n) is 3.95. The van der Waals surface area contributed by atoms with E-state index in [2.05, 4.69) is 31.9 Å². The van der Waals surface area contributed by atoms with Crippen molar-refractivity contribution in [2.24, 2.45) is 0 Å². The van der Waals surface area contributed by atoms with E-state index in [0.29, 0.717) is 8.95 Å². The molecule has 0 saturated heterocycles. The summed E-state index contributed by atoms with van der Waals surface area (Å²) in [7, 11) is 0. The lowest BCUT2D eigenvalue weighted by Gasteiger charge is -2.09. The first-order chi connectivity index (χ1) is 9.86. The van der Waals surface area contributed by atoms with Gasteiger partial charge < -0.3 is 9.84 Å². The van der Waals surface area contributed by atoms with Crippen molar-refractivity contribution in [3.8, 4) is 11.5 Å². The average Bonchev–Trinajstić information content (AvgIpc) is 2.40. The minimum Gasteiger partial charge on any atom is -0.478 e. The predicted octanol–water partition coefficient (Wildman–Crippen LogP) is 4.61. The van der Waals surface area contributed by atoms with Crippen LogP contribution in [-0.2, 0) is 0 Å². The zero-order valence-corrected chi connectivity index (χ0v) is 13.4. The number of hydrogen-bond acceptors (Lipinski definition) is 4. The summed E-state index contributed by atoms with van der Waals surface area (Å²) in [6.07, 6.45) is 0. The third-order valence-corrected chi connectivity index (χ3v) is 3.58. The van der Waals surface area contributed by atoms with Gasteiger partial charge in [0.1, 0.15) is 11.5 Å². The van der Waals surface area contributed by atoms with Gasteiger partial charge >= 0.3 is 5.97 Å². The third-order valence-electron chi connectivity index (χ3n) is 2.47. The standard InChI is InChI=1S/C13H7Br2NO5/c14-8-3-7(13(17)18)4-10(5-8)21-12-6-9(16(19)20)1-2-11(12)15/h1-6H,(H,17,18). The van der Waals surface area contributed by atoms with Crippen molar-refractivity contribution in [2.75, 3.05) is 0 Å². The van der Waals surface area contributed by atoms with Gasteiger partial charge in [0, 0.05) is 10.5 Å². The van der Waals surface area contributed by atoms with Crippen molar-refractivity contribution in [3.05, 3.63) is 61.0 Å². The lowest BCUT2D eigenvalue weighted by Crippen LogP contribution is -1.97. The Kier molecular flexibility index (Phi) is 4.59. The Morgan fingerprint density at radius 1 is 1.19 bits per heavy atom. The van der Waals surface area contributed by atoms with E-state index in [-0.39, 0.29) is 22.7 Å². The molecule has 0 aromatic heterocycles. The maximum absolute atomic E-state index is 11.0. The van der Waals surface area contributed by atoms with Crippen LogP contribution in [0.5, 0.6) is 11.5 Å². The first-order valence-corrected chi connectivity index (χ1v) is 7.11. The van der Waals surface area contributed by atoms with Crippen LogP contribution in [0.15, 0.2) is 45.3 Å². The number of rotatable bonds is 4. The number of non-ortho nitro benzene ring substituents is 1.